The monoisotopic (exact) mass is 491 g/mol. The fourth-order valence-electron chi connectivity index (χ4n) is 3.87. The first-order chi connectivity index (χ1) is 17.0. The van der Waals surface area contributed by atoms with Crippen molar-refractivity contribution in [3.8, 4) is 11.4 Å². The Kier molecular flexibility index (Phi) is 7.26. The van der Waals surface area contributed by atoms with Crippen LogP contribution >= 0.6 is 11.3 Å². The maximum atomic E-state index is 13.6. The van der Waals surface area contributed by atoms with E-state index in [4.69, 9.17) is 9.47 Å². The van der Waals surface area contributed by atoms with Crippen LogP contribution in [0.5, 0.6) is 5.75 Å². The third-order valence-electron chi connectivity index (χ3n) is 5.58. The van der Waals surface area contributed by atoms with E-state index >= 15 is 0 Å². The highest BCUT2D eigenvalue weighted by molar-refractivity contribution is 7.16. The number of anilines is 1. The summed E-state index contributed by atoms with van der Waals surface area (Å²) in [6.45, 7) is 3.78. The number of hydrogen-bond acceptors (Lipinski definition) is 7. The van der Waals surface area contributed by atoms with Crippen molar-refractivity contribution in [1.82, 2.24) is 9.78 Å². The number of hydrogen-bond donors (Lipinski definition) is 1. The molecule has 9 heteroatoms. The molecule has 2 aromatic carbocycles. The van der Waals surface area contributed by atoms with E-state index in [1.807, 2.05) is 37.3 Å². The summed E-state index contributed by atoms with van der Waals surface area (Å²) in [4.78, 5) is 39.6. The van der Waals surface area contributed by atoms with Crippen molar-refractivity contribution in [3.63, 3.8) is 0 Å². The smallest absolute Gasteiger partial charge is 0.359 e. The normalized spacial score (nSPS) is 11.7. The van der Waals surface area contributed by atoms with Crippen molar-refractivity contribution in [2.24, 2.45) is 0 Å². The minimum Gasteiger partial charge on any atom is -0.497 e. The number of carbonyl (C=O) groups excluding carboxylic acids is 2. The van der Waals surface area contributed by atoms with Gasteiger partial charge in [0.2, 0.25) is 5.91 Å². The zero-order valence-electron chi connectivity index (χ0n) is 19.6. The van der Waals surface area contributed by atoms with Crippen molar-refractivity contribution in [2.75, 3.05) is 19.0 Å². The van der Waals surface area contributed by atoms with Gasteiger partial charge in [-0.3, -0.25) is 9.59 Å². The van der Waals surface area contributed by atoms with Gasteiger partial charge in [0.15, 0.2) is 5.69 Å². The van der Waals surface area contributed by atoms with Crippen molar-refractivity contribution in [3.05, 3.63) is 81.6 Å². The van der Waals surface area contributed by atoms with E-state index in [1.165, 1.54) is 18.4 Å². The molecule has 0 fully saturated rings. The van der Waals surface area contributed by atoms with Gasteiger partial charge in [0.25, 0.3) is 5.56 Å². The van der Waals surface area contributed by atoms with E-state index in [1.54, 1.807) is 36.6 Å². The average Bonchev–Trinajstić information content (AvgIpc) is 3.29. The molecule has 0 aliphatic heterocycles. The van der Waals surface area contributed by atoms with Crippen LogP contribution in [-0.2, 0) is 9.53 Å². The summed E-state index contributed by atoms with van der Waals surface area (Å²) < 4.78 is 11.6. The second kappa shape index (κ2) is 10.5. The number of amides is 1. The van der Waals surface area contributed by atoms with E-state index in [-0.39, 0.29) is 29.5 Å². The summed E-state index contributed by atoms with van der Waals surface area (Å²) in [6, 6.07) is 16.3. The number of esters is 1. The predicted octanol–water partition coefficient (Wildman–Crippen LogP) is 4.76. The van der Waals surface area contributed by atoms with Crippen molar-refractivity contribution in [2.45, 2.75) is 26.2 Å². The van der Waals surface area contributed by atoms with Crippen molar-refractivity contribution in [1.29, 1.82) is 0 Å². The molecule has 0 aliphatic rings. The number of fused-ring (bicyclic) bond motifs is 1. The molecular formula is C26H25N3O5S. The molecule has 1 atom stereocenters. The lowest BCUT2D eigenvalue weighted by atomic mass is 9.96. The third-order valence-corrected chi connectivity index (χ3v) is 6.48. The molecule has 8 nitrogen and oxygen atoms in total. The van der Waals surface area contributed by atoms with Gasteiger partial charge in [0.05, 0.1) is 30.7 Å². The quantitative estimate of drug-likeness (QED) is 0.357. The number of benzene rings is 2. The first-order valence-corrected chi connectivity index (χ1v) is 12.1. The van der Waals surface area contributed by atoms with Crippen LogP contribution in [0, 0.1) is 0 Å². The summed E-state index contributed by atoms with van der Waals surface area (Å²) in [7, 11) is 1.52. The fourth-order valence-corrected chi connectivity index (χ4v) is 4.81. The minimum absolute atomic E-state index is 0.00359. The molecule has 1 unspecified atom stereocenters. The van der Waals surface area contributed by atoms with Gasteiger partial charge >= 0.3 is 5.97 Å². The Hall–Kier alpha value is -3.98. The second-order valence-electron chi connectivity index (χ2n) is 7.70. The van der Waals surface area contributed by atoms with E-state index in [0.29, 0.717) is 28.2 Å². The topological polar surface area (TPSA) is 99.5 Å². The highest BCUT2D eigenvalue weighted by atomic mass is 32.1. The zero-order chi connectivity index (χ0) is 24.9. The third kappa shape index (κ3) is 4.81. The molecule has 1 N–H and O–H groups in total. The van der Waals surface area contributed by atoms with Gasteiger partial charge in [0, 0.05) is 16.8 Å². The highest BCUT2D eigenvalue weighted by Gasteiger charge is 2.25. The molecule has 180 valence electrons. The van der Waals surface area contributed by atoms with E-state index < -0.39 is 11.5 Å². The van der Waals surface area contributed by atoms with E-state index in [2.05, 4.69) is 10.4 Å². The van der Waals surface area contributed by atoms with E-state index in [0.717, 1.165) is 10.2 Å². The van der Waals surface area contributed by atoms with Crippen LogP contribution in [-0.4, -0.2) is 35.4 Å². The number of carbonyl (C=O) groups is 2. The number of methoxy groups -OCH3 is 1. The van der Waals surface area contributed by atoms with Gasteiger partial charge < -0.3 is 14.8 Å². The molecule has 0 spiro atoms. The summed E-state index contributed by atoms with van der Waals surface area (Å²) in [5, 5.41) is 9.77. The molecule has 4 aromatic rings. The average molecular weight is 492 g/mol. The number of aromatic nitrogens is 2. The summed E-state index contributed by atoms with van der Waals surface area (Å²) in [5.41, 5.74) is 0.832. The van der Waals surface area contributed by atoms with Crippen LogP contribution < -0.4 is 15.6 Å². The first kappa shape index (κ1) is 24.2. The van der Waals surface area contributed by atoms with Crippen LogP contribution in [0.4, 0.5) is 5.00 Å². The Labute approximate surface area is 206 Å². The first-order valence-electron chi connectivity index (χ1n) is 11.2. The molecule has 0 radical (unpaired) electrons. The van der Waals surface area contributed by atoms with Crippen molar-refractivity contribution >= 4 is 39.0 Å². The van der Waals surface area contributed by atoms with E-state index in [9.17, 15) is 14.4 Å². The Morgan fingerprint density at radius 3 is 2.57 bits per heavy atom. The molecule has 2 aromatic heterocycles. The van der Waals surface area contributed by atoms with Crippen molar-refractivity contribution < 1.29 is 19.1 Å². The van der Waals surface area contributed by atoms with Gasteiger partial charge in [-0.1, -0.05) is 43.3 Å². The standard InChI is InChI=1S/C26H25N3O5S/c1-4-19(16-10-7-6-8-11-16)23(30)27-24-21-20(15-35-24)22(26(32)34-5-2)28-29(25(21)31)17-12-9-13-18(14-17)33-3/h6-15,19H,4-5H2,1-3H3,(H,27,30). The minimum atomic E-state index is -0.652. The van der Waals surface area contributed by atoms with Gasteiger partial charge in [0.1, 0.15) is 10.8 Å². The Morgan fingerprint density at radius 2 is 1.89 bits per heavy atom. The number of thiophene rings is 1. The van der Waals surface area contributed by atoms with Crippen LogP contribution in [0.25, 0.3) is 16.5 Å². The number of nitrogens with one attached hydrogen (secondary N) is 1. The second-order valence-corrected chi connectivity index (χ2v) is 8.58. The number of nitrogens with zero attached hydrogens (tertiary/aromatic N) is 2. The predicted molar refractivity (Wildman–Crippen MR) is 136 cm³/mol. The summed E-state index contributed by atoms with van der Waals surface area (Å²) >= 11 is 1.17. The Balaban J connectivity index is 1.85. The van der Waals surface area contributed by atoms with Crippen LogP contribution in [0.2, 0.25) is 0 Å². The summed E-state index contributed by atoms with van der Waals surface area (Å²) in [5.74, 6) is -0.744. The maximum absolute atomic E-state index is 13.6. The molecule has 1 amide bonds. The van der Waals surface area contributed by atoms with Crippen LogP contribution in [0.1, 0.15) is 42.2 Å². The lowest BCUT2D eigenvalue weighted by Gasteiger charge is -2.15. The van der Waals surface area contributed by atoms with Gasteiger partial charge in [-0.25, -0.2) is 4.79 Å². The SMILES string of the molecule is CCOC(=O)c1nn(-c2cccc(OC)c2)c(=O)c2c(NC(=O)C(CC)c3ccccc3)scc12. The van der Waals surface area contributed by atoms with Gasteiger partial charge in [-0.15, -0.1) is 11.3 Å². The molecule has 35 heavy (non-hydrogen) atoms. The molecule has 4 rings (SSSR count). The van der Waals surface area contributed by atoms with Crippen LogP contribution in [0.3, 0.4) is 0 Å². The Bertz CT molecular complexity index is 1430. The van der Waals surface area contributed by atoms with Gasteiger partial charge in [-0.05, 0) is 31.0 Å². The molecule has 0 saturated carbocycles. The van der Waals surface area contributed by atoms with Gasteiger partial charge in [-0.2, -0.15) is 9.78 Å². The lowest BCUT2D eigenvalue weighted by molar-refractivity contribution is -0.117. The molecular weight excluding hydrogens is 466 g/mol. The summed E-state index contributed by atoms with van der Waals surface area (Å²) in [6.07, 6.45) is 0.586. The maximum Gasteiger partial charge on any atom is 0.359 e. The van der Waals surface area contributed by atoms with Crippen LogP contribution in [0.15, 0.2) is 64.8 Å². The molecule has 0 aliphatic carbocycles. The molecule has 0 bridgehead atoms. The zero-order valence-corrected chi connectivity index (χ0v) is 20.4. The number of rotatable bonds is 8. The fraction of sp³-hybridized carbons (Fsp3) is 0.231. The lowest BCUT2D eigenvalue weighted by Crippen LogP contribution is -2.26. The Morgan fingerprint density at radius 1 is 1.11 bits per heavy atom. The molecule has 2 heterocycles. The highest BCUT2D eigenvalue weighted by Crippen LogP contribution is 2.32. The number of ether oxygens (including phenoxy) is 2. The largest absolute Gasteiger partial charge is 0.497 e. The molecule has 0 saturated heterocycles.